The Balaban J connectivity index is 2.38. The van der Waals surface area contributed by atoms with E-state index in [9.17, 15) is 0 Å². The molecule has 18 heavy (non-hydrogen) atoms. The van der Waals surface area contributed by atoms with Crippen LogP contribution >= 0.6 is 45.2 Å². The van der Waals surface area contributed by atoms with Crippen LogP contribution in [0.25, 0.3) is 0 Å². The Morgan fingerprint density at radius 2 is 1.89 bits per heavy atom. The van der Waals surface area contributed by atoms with Crippen molar-refractivity contribution in [2.24, 2.45) is 0 Å². The molecule has 0 unspecified atom stereocenters. The number of oxazole rings is 1. The molecular formula is C12H21I2NO2Si. The standard InChI is InChI=1S/C12H21I2NO2Si/c1-12(2,3)18(4,5)16-8-6-7-9-10(13)15-11(14)17-9/h6-8H2,1-5H3. The monoisotopic (exact) mass is 493 g/mol. The van der Waals surface area contributed by atoms with E-state index in [2.05, 4.69) is 84.0 Å². The molecule has 1 aromatic heterocycles. The summed E-state index contributed by atoms with van der Waals surface area (Å²) < 4.78 is 13.4. The van der Waals surface area contributed by atoms with Crippen molar-refractivity contribution in [2.45, 2.75) is 51.7 Å². The van der Waals surface area contributed by atoms with Gasteiger partial charge in [-0.25, -0.2) is 0 Å². The van der Waals surface area contributed by atoms with E-state index in [1.807, 2.05) is 0 Å². The number of aromatic nitrogens is 1. The first kappa shape index (κ1) is 16.9. The van der Waals surface area contributed by atoms with Crippen LogP contribution < -0.4 is 0 Å². The summed E-state index contributed by atoms with van der Waals surface area (Å²) in [5.74, 6) is 0.985. The molecular weight excluding hydrogens is 472 g/mol. The van der Waals surface area contributed by atoms with Crippen LogP contribution in [0.1, 0.15) is 33.0 Å². The zero-order chi connectivity index (χ0) is 14.0. The van der Waals surface area contributed by atoms with E-state index in [0.29, 0.717) is 0 Å². The van der Waals surface area contributed by atoms with Gasteiger partial charge in [0.1, 0.15) is 9.46 Å². The highest BCUT2D eigenvalue weighted by molar-refractivity contribution is 14.1. The number of aryl methyl sites for hydroxylation is 1. The summed E-state index contributed by atoms with van der Waals surface area (Å²) in [5.41, 5.74) is 0. The molecule has 0 atom stereocenters. The van der Waals surface area contributed by atoms with Crippen molar-refractivity contribution in [1.82, 2.24) is 4.98 Å². The first-order valence-electron chi connectivity index (χ1n) is 6.08. The number of hydrogen-bond acceptors (Lipinski definition) is 3. The van der Waals surface area contributed by atoms with Crippen LogP contribution in [0.5, 0.6) is 0 Å². The van der Waals surface area contributed by atoms with E-state index >= 15 is 0 Å². The predicted molar refractivity (Wildman–Crippen MR) is 93.4 cm³/mol. The lowest BCUT2D eigenvalue weighted by atomic mass is 10.2. The summed E-state index contributed by atoms with van der Waals surface area (Å²) in [5, 5.41) is 0.281. The van der Waals surface area contributed by atoms with Crippen molar-refractivity contribution in [3.8, 4) is 0 Å². The van der Waals surface area contributed by atoms with Crippen molar-refractivity contribution in [3.05, 3.63) is 13.4 Å². The Hall–Kier alpha value is 0.847. The molecule has 0 saturated heterocycles. The molecule has 0 N–H and O–H groups in total. The van der Waals surface area contributed by atoms with Gasteiger partial charge in [-0.3, -0.25) is 0 Å². The Labute approximate surface area is 138 Å². The van der Waals surface area contributed by atoms with Crippen molar-refractivity contribution in [1.29, 1.82) is 0 Å². The summed E-state index contributed by atoms with van der Waals surface area (Å²) in [6.45, 7) is 12.2. The van der Waals surface area contributed by atoms with Gasteiger partial charge in [0, 0.05) is 35.6 Å². The lowest BCUT2D eigenvalue weighted by Crippen LogP contribution is -2.41. The van der Waals surface area contributed by atoms with E-state index < -0.39 is 8.32 Å². The zero-order valence-electron chi connectivity index (χ0n) is 11.6. The Morgan fingerprint density at radius 1 is 1.28 bits per heavy atom. The molecule has 0 aliphatic carbocycles. The van der Waals surface area contributed by atoms with Gasteiger partial charge in [-0.1, -0.05) is 20.8 Å². The highest BCUT2D eigenvalue weighted by Gasteiger charge is 2.36. The van der Waals surface area contributed by atoms with Gasteiger partial charge < -0.3 is 8.84 Å². The molecule has 0 aromatic carbocycles. The Kier molecular flexibility index (Phi) is 6.13. The van der Waals surface area contributed by atoms with E-state index in [1.165, 1.54) is 0 Å². The van der Waals surface area contributed by atoms with Gasteiger partial charge in [0.2, 0.25) is 0 Å². The zero-order valence-corrected chi connectivity index (χ0v) is 17.0. The van der Waals surface area contributed by atoms with Gasteiger partial charge in [-0.15, -0.1) is 0 Å². The third kappa shape index (κ3) is 4.75. The second-order valence-corrected chi connectivity index (χ2v) is 12.6. The second kappa shape index (κ2) is 6.53. The lowest BCUT2D eigenvalue weighted by Gasteiger charge is -2.36. The lowest BCUT2D eigenvalue weighted by molar-refractivity contribution is 0.278. The van der Waals surface area contributed by atoms with Gasteiger partial charge in [-0.2, -0.15) is 4.98 Å². The molecule has 6 heteroatoms. The number of hydrogen-bond donors (Lipinski definition) is 0. The summed E-state index contributed by atoms with van der Waals surface area (Å²) in [6.07, 6.45) is 1.90. The van der Waals surface area contributed by atoms with Gasteiger partial charge in [0.05, 0.1) is 0 Å². The van der Waals surface area contributed by atoms with Crippen LogP contribution in [0.2, 0.25) is 18.1 Å². The largest absolute Gasteiger partial charge is 0.436 e. The maximum Gasteiger partial charge on any atom is 0.258 e. The molecule has 3 nitrogen and oxygen atoms in total. The van der Waals surface area contributed by atoms with Crippen molar-refractivity contribution < 1.29 is 8.84 Å². The van der Waals surface area contributed by atoms with Crippen molar-refractivity contribution in [2.75, 3.05) is 6.61 Å². The summed E-state index contributed by atoms with van der Waals surface area (Å²) in [7, 11) is -1.60. The molecule has 0 fully saturated rings. The minimum atomic E-state index is -1.60. The van der Waals surface area contributed by atoms with Gasteiger partial charge in [-0.05, 0) is 47.1 Å². The molecule has 0 radical (unpaired) electrons. The molecule has 0 aliphatic rings. The molecule has 0 amide bonds. The highest BCUT2D eigenvalue weighted by atomic mass is 127. The molecule has 1 heterocycles. The molecule has 1 rings (SSSR count). The van der Waals surface area contributed by atoms with Gasteiger partial charge >= 0.3 is 0 Å². The fourth-order valence-corrected chi connectivity index (χ4v) is 3.89. The fourth-order valence-electron chi connectivity index (χ4n) is 1.24. The van der Waals surface area contributed by atoms with E-state index in [-0.39, 0.29) is 5.04 Å². The summed E-state index contributed by atoms with van der Waals surface area (Å²) in [4.78, 5) is 4.25. The van der Waals surface area contributed by atoms with E-state index in [1.54, 1.807) is 0 Å². The third-order valence-corrected chi connectivity index (χ3v) is 9.28. The molecule has 0 spiro atoms. The van der Waals surface area contributed by atoms with Gasteiger partial charge in [0.15, 0.2) is 8.32 Å². The molecule has 104 valence electrons. The maximum atomic E-state index is 6.13. The van der Waals surface area contributed by atoms with Crippen LogP contribution in [0.3, 0.4) is 0 Å². The quantitative estimate of drug-likeness (QED) is 0.335. The van der Waals surface area contributed by atoms with Gasteiger partial charge in [0.25, 0.3) is 3.90 Å². The van der Waals surface area contributed by atoms with E-state index in [4.69, 9.17) is 8.84 Å². The SMILES string of the molecule is CC(C)(C)[Si](C)(C)OCCCc1oc(I)nc1I. The molecule has 0 aliphatic heterocycles. The number of nitrogens with zero attached hydrogens (tertiary/aromatic N) is 1. The average Bonchev–Trinajstić information content (AvgIpc) is 2.50. The normalized spacial score (nSPS) is 13.1. The first-order chi connectivity index (χ1) is 8.13. The van der Waals surface area contributed by atoms with Crippen LogP contribution in [0.15, 0.2) is 4.42 Å². The van der Waals surface area contributed by atoms with Crippen molar-refractivity contribution >= 4 is 53.5 Å². The Bertz CT molecular complexity index is 399. The molecule has 1 aromatic rings. The first-order valence-corrected chi connectivity index (χ1v) is 11.1. The summed E-state index contributed by atoms with van der Waals surface area (Å²) in [6, 6.07) is 0. The number of rotatable bonds is 5. The minimum Gasteiger partial charge on any atom is -0.436 e. The average molecular weight is 493 g/mol. The minimum absolute atomic E-state index is 0.281. The highest BCUT2D eigenvalue weighted by Crippen LogP contribution is 2.36. The molecule has 0 bridgehead atoms. The maximum absolute atomic E-state index is 6.13. The van der Waals surface area contributed by atoms with Crippen molar-refractivity contribution in [3.63, 3.8) is 0 Å². The fraction of sp³-hybridized carbons (Fsp3) is 0.750. The molecule has 0 saturated carbocycles. The second-order valence-electron chi connectivity index (χ2n) is 5.89. The van der Waals surface area contributed by atoms with Crippen LogP contribution in [-0.4, -0.2) is 19.9 Å². The van der Waals surface area contributed by atoms with Crippen LogP contribution in [-0.2, 0) is 10.8 Å². The van der Waals surface area contributed by atoms with E-state index in [0.717, 1.165) is 32.8 Å². The van der Waals surface area contributed by atoms with Crippen LogP contribution in [0, 0.1) is 7.60 Å². The summed E-state index contributed by atoms with van der Waals surface area (Å²) >= 11 is 4.32. The number of halogens is 2. The predicted octanol–water partition coefficient (Wildman–Crippen LogP) is 4.84. The smallest absolute Gasteiger partial charge is 0.258 e. The van der Waals surface area contributed by atoms with Crippen LogP contribution in [0.4, 0.5) is 0 Å². The third-order valence-electron chi connectivity index (χ3n) is 3.44. The topological polar surface area (TPSA) is 35.3 Å². The Morgan fingerprint density at radius 3 is 2.33 bits per heavy atom.